The van der Waals surface area contributed by atoms with Crippen LogP contribution in [0.15, 0.2) is 34.1 Å². The first-order valence-corrected chi connectivity index (χ1v) is 8.56. The van der Waals surface area contributed by atoms with Gasteiger partial charge < -0.3 is 14.8 Å². The van der Waals surface area contributed by atoms with Crippen molar-refractivity contribution in [1.82, 2.24) is 5.32 Å². The van der Waals surface area contributed by atoms with E-state index in [2.05, 4.69) is 52.6 Å². The molecule has 0 amide bonds. The zero-order chi connectivity index (χ0) is 14.9. The topological polar surface area (TPSA) is 30.5 Å². The lowest BCUT2D eigenvalue weighted by molar-refractivity contribution is 0.174. The molecule has 1 aliphatic rings. The summed E-state index contributed by atoms with van der Waals surface area (Å²) in [6.45, 7) is 6.56. The highest BCUT2D eigenvalue weighted by Gasteiger charge is 2.21. The number of hydrogen-bond acceptors (Lipinski definition) is 4. The van der Waals surface area contributed by atoms with Crippen molar-refractivity contribution < 1.29 is 9.47 Å². The Morgan fingerprint density at radius 3 is 2.76 bits per heavy atom. The van der Waals surface area contributed by atoms with E-state index in [-0.39, 0.29) is 5.41 Å². The van der Waals surface area contributed by atoms with Crippen LogP contribution in [0, 0.1) is 0 Å². The molecule has 0 aliphatic carbocycles. The van der Waals surface area contributed by atoms with E-state index in [0.29, 0.717) is 6.79 Å². The standard InChI is InChI=1S/C16H18BrNO2S/c1-16(2,15-4-3-5-21-15)9-18-8-11-6-13-14(7-12(11)17)20-10-19-13/h3-7,18H,8-10H2,1-2H3. The van der Waals surface area contributed by atoms with Crippen molar-refractivity contribution in [2.75, 3.05) is 13.3 Å². The summed E-state index contributed by atoms with van der Waals surface area (Å²) in [4.78, 5) is 1.40. The second-order valence-corrected chi connectivity index (χ2v) is 7.56. The molecule has 2 heterocycles. The van der Waals surface area contributed by atoms with Gasteiger partial charge in [-0.25, -0.2) is 0 Å². The Morgan fingerprint density at radius 1 is 1.29 bits per heavy atom. The number of fused-ring (bicyclic) bond motifs is 1. The van der Waals surface area contributed by atoms with Gasteiger partial charge in [-0.2, -0.15) is 0 Å². The first-order chi connectivity index (χ1) is 10.1. The van der Waals surface area contributed by atoms with Gasteiger partial charge in [0.1, 0.15) is 0 Å². The summed E-state index contributed by atoms with van der Waals surface area (Å²) >= 11 is 5.41. The van der Waals surface area contributed by atoms with Crippen LogP contribution in [-0.2, 0) is 12.0 Å². The second kappa shape index (κ2) is 5.99. The molecule has 1 N–H and O–H groups in total. The SMILES string of the molecule is CC(C)(CNCc1cc2c(cc1Br)OCO2)c1cccs1. The van der Waals surface area contributed by atoms with Gasteiger partial charge in [0.2, 0.25) is 6.79 Å². The van der Waals surface area contributed by atoms with E-state index in [9.17, 15) is 0 Å². The summed E-state index contributed by atoms with van der Waals surface area (Å²) in [5.74, 6) is 1.64. The lowest BCUT2D eigenvalue weighted by atomic mass is 9.91. The third-order valence-electron chi connectivity index (χ3n) is 3.61. The van der Waals surface area contributed by atoms with Crippen molar-refractivity contribution in [2.45, 2.75) is 25.8 Å². The van der Waals surface area contributed by atoms with E-state index >= 15 is 0 Å². The van der Waals surface area contributed by atoms with Gasteiger partial charge in [0.15, 0.2) is 11.5 Å². The Bertz CT molecular complexity index is 625. The Hall–Kier alpha value is -1.04. The molecule has 112 valence electrons. The molecule has 1 aromatic carbocycles. The molecule has 1 aromatic heterocycles. The molecule has 5 heteroatoms. The summed E-state index contributed by atoms with van der Waals surface area (Å²) in [5.41, 5.74) is 1.32. The van der Waals surface area contributed by atoms with E-state index in [1.807, 2.05) is 23.5 Å². The summed E-state index contributed by atoms with van der Waals surface area (Å²) in [7, 11) is 0. The minimum atomic E-state index is 0.136. The van der Waals surface area contributed by atoms with Crippen molar-refractivity contribution in [3.05, 3.63) is 44.6 Å². The van der Waals surface area contributed by atoms with Gasteiger partial charge in [-0.05, 0) is 29.1 Å². The van der Waals surface area contributed by atoms with Crippen LogP contribution in [0.2, 0.25) is 0 Å². The maximum absolute atomic E-state index is 5.43. The summed E-state index contributed by atoms with van der Waals surface area (Å²) in [6.07, 6.45) is 0. The van der Waals surface area contributed by atoms with Crippen LogP contribution < -0.4 is 14.8 Å². The van der Waals surface area contributed by atoms with Crippen LogP contribution in [0.1, 0.15) is 24.3 Å². The van der Waals surface area contributed by atoms with Gasteiger partial charge in [0.05, 0.1) is 0 Å². The van der Waals surface area contributed by atoms with Gasteiger partial charge in [-0.3, -0.25) is 0 Å². The molecular formula is C16H18BrNO2S. The van der Waals surface area contributed by atoms with Crippen molar-refractivity contribution in [3.63, 3.8) is 0 Å². The maximum Gasteiger partial charge on any atom is 0.231 e. The first kappa shape index (κ1) is 14.9. The fourth-order valence-corrected chi connectivity index (χ4v) is 3.67. The molecule has 2 aromatic rings. The number of thiophene rings is 1. The van der Waals surface area contributed by atoms with E-state index in [0.717, 1.165) is 29.1 Å². The fourth-order valence-electron chi connectivity index (χ4n) is 2.36. The average molecular weight is 368 g/mol. The highest BCUT2D eigenvalue weighted by molar-refractivity contribution is 9.10. The van der Waals surface area contributed by atoms with Gasteiger partial charge in [0, 0.05) is 27.9 Å². The van der Waals surface area contributed by atoms with Crippen molar-refractivity contribution >= 4 is 27.3 Å². The lowest BCUT2D eigenvalue weighted by Gasteiger charge is -2.24. The van der Waals surface area contributed by atoms with Gasteiger partial charge in [0.25, 0.3) is 0 Å². The van der Waals surface area contributed by atoms with E-state index in [1.54, 1.807) is 0 Å². The zero-order valence-corrected chi connectivity index (χ0v) is 14.5. The van der Waals surface area contributed by atoms with Gasteiger partial charge in [-0.15, -0.1) is 11.3 Å². The number of nitrogens with one attached hydrogen (secondary N) is 1. The van der Waals surface area contributed by atoms with E-state index in [1.165, 1.54) is 10.4 Å². The Morgan fingerprint density at radius 2 is 2.05 bits per heavy atom. The fraction of sp³-hybridized carbons (Fsp3) is 0.375. The van der Waals surface area contributed by atoms with Crippen LogP contribution in [0.4, 0.5) is 0 Å². The third kappa shape index (κ3) is 3.25. The van der Waals surface area contributed by atoms with Crippen molar-refractivity contribution in [2.24, 2.45) is 0 Å². The number of hydrogen-bond donors (Lipinski definition) is 1. The molecular weight excluding hydrogens is 350 g/mol. The maximum atomic E-state index is 5.43. The molecule has 1 aliphatic heterocycles. The molecule has 0 spiro atoms. The third-order valence-corrected chi connectivity index (χ3v) is 5.59. The number of halogens is 1. The van der Waals surface area contributed by atoms with Crippen molar-refractivity contribution in [3.8, 4) is 11.5 Å². The quantitative estimate of drug-likeness (QED) is 0.853. The molecule has 0 bridgehead atoms. The molecule has 0 unspecified atom stereocenters. The van der Waals surface area contributed by atoms with Crippen LogP contribution in [0.5, 0.6) is 11.5 Å². The van der Waals surface area contributed by atoms with Crippen LogP contribution in [0.3, 0.4) is 0 Å². The summed E-state index contributed by atoms with van der Waals surface area (Å²) in [5, 5.41) is 5.67. The largest absolute Gasteiger partial charge is 0.454 e. The van der Waals surface area contributed by atoms with Gasteiger partial charge >= 0.3 is 0 Å². The predicted molar refractivity (Wildman–Crippen MR) is 89.3 cm³/mol. The molecule has 0 saturated heterocycles. The van der Waals surface area contributed by atoms with E-state index in [4.69, 9.17) is 9.47 Å². The Kier molecular flexibility index (Phi) is 4.24. The number of benzene rings is 1. The zero-order valence-electron chi connectivity index (χ0n) is 12.1. The average Bonchev–Trinajstić information content (AvgIpc) is 3.08. The molecule has 0 radical (unpaired) electrons. The van der Waals surface area contributed by atoms with Gasteiger partial charge in [-0.1, -0.05) is 35.8 Å². The minimum absolute atomic E-state index is 0.136. The van der Waals surface area contributed by atoms with Crippen LogP contribution in [0.25, 0.3) is 0 Å². The molecule has 0 saturated carbocycles. The minimum Gasteiger partial charge on any atom is -0.454 e. The Balaban J connectivity index is 1.63. The van der Waals surface area contributed by atoms with Crippen LogP contribution >= 0.6 is 27.3 Å². The summed E-state index contributed by atoms with van der Waals surface area (Å²) < 4.78 is 11.9. The number of ether oxygens (including phenoxy) is 2. The molecule has 0 atom stereocenters. The molecule has 0 fully saturated rings. The predicted octanol–water partition coefficient (Wildman–Crippen LogP) is 4.31. The normalized spacial score (nSPS) is 13.7. The second-order valence-electron chi connectivity index (χ2n) is 5.76. The number of rotatable bonds is 5. The lowest BCUT2D eigenvalue weighted by Crippen LogP contribution is -2.31. The molecule has 3 rings (SSSR count). The van der Waals surface area contributed by atoms with Crippen LogP contribution in [-0.4, -0.2) is 13.3 Å². The summed E-state index contributed by atoms with van der Waals surface area (Å²) in [6, 6.07) is 8.32. The molecule has 21 heavy (non-hydrogen) atoms. The Labute approximate surface area is 137 Å². The molecule has 3 nitrogen and oxygen atoms in total. The highest BCUT2D eigenvalue weighted by Crippen LogP contribution is 2.37. The van der Waals surface area contributed by atoms with E-state index < -0.39 is 0 Å². The van der Waals surface area contributed by atoms with Crippen molar-refractivity contribution in [1.29, 1.82) is 0 Å². The smallest absolute Gasteiger partial charge is 0.231 e. The highest BCUT2D eigenvalue weighted by atomic mass is 79.9. The monoisotopic (exact) mass is 367 g/mol. The first-order valence-electron chi connectivity index (χ1n) is 6.89.